The molecule has 0 saturated carbocycles. The molecule has 0 radical (unpaired) electrons. The van der Waals surface area contributed by atoms with E-state index in [4.69, 9.17) is 33.3 Å². The number of nitrogens with zero attached hydrogens (tertiary/aromatic N) is 2. The molecule has 14 atom stereocenters. The molecule has 0 aromatic carbocycles. The van der Waals surface area contributed by atoms with E-state index < -0.39 is 83.7 Å². The van der Waals surface area contributed by atoms with Crippen LogP contribution in [0.2, 0.25) is 0 Å². The van der Waals surface area contributed by atoms with Gasteiger partial charge in [-0.1, -0.05) is 32.9 Å². The number of ketones is 1. The van der Waals surface area contributed by atoms with E-state index in [9.17, 15) is 19.5 Å². The lowest BCUT2D eigenvalue weighted by Crippen LogP contribution is -2.60. The second kappa shape index (κ2) is 17.5. The van der Waals surface area contributed by atoms with Crippen molar-refractivity contribution in [2.75, 3.05) is 27.3 Å². The molecule has 4 saturated heterocycles. The van der Waals surface area contributed by atoms with E-state index in [1.54, 1.807) is 20.8 Å². The van der Waals surface area contributed by atoms with Gasteiger partial charge in [0.05, 0.1) is 52.9 Å². The molecule has 4 aliphatic heterocycles. The number of nitrogens with one attached hydrogen (secondary N) is 1. The Hall–Kier alpha value is -2.18. The van der Waals surface area contributed by atoms with Crippen molar-refractivity contribution in [1.29, 1.82) is 0 Å². The molecule has 54 heavy (non-hydrogen) atoms. The van der Waals surface area contributed by atoms with Crippen LogP contribution in [0.1, 0.15) is 79.5 Å². The number of alkyl carbamates (subject to hydrolysis) is 1. The van der Waals surface area contributed by atoms with Crippen LogP contribution in [0.5, 0.6) is 0 Å². The lowest BCUT2D eigenvalue weighted by atomic mass is 9.73. The number of aliphatic hydroxyl groups excluding tert-OH is 1. The molecule has 0 spiro atoms. The van der Waals surface area contributed by atoms with Crippen molar-refractivity contribution in [2.45, 2.75) is 141 Å². The molecule has 5 heterocycles. The van der Waals surface area contributed by atoms with Crippen molar-refractivity contribution in [1.82, 2.24) is 10.2 Å². The van der Waals surface area contributed by atoms with Crippen LogP contribution in [0.4, 0.5) is 4.79 Å². The number of amides is 1. The summed E-state index contributed by atoms with van der Waals surface area (Å²) in [6, 6.07) is 2.86. The first-order valence-corrected chi connectivity index (χ1v) is 20.6. The molecule has 2 N–H and O–H groups in total. The topological polar surface area (TPSA) is 164 Å². The highest BCUT2D eigenvalue weighted by Crippen LogP contribution is 2.42. The normalized spacial score (nSPS) is 41.9. The van der Waals surface area contributed by atoms with Gasteiger partial charge in [0.2, 0.25) is 0 Å². The van der Waals surface area contributed by atoms with Gasteiger partial charge in [-0.3, -0.25) is 9.59 Å². The number of hydrogen-bond acceptors (Lipinski definition) is 14. The number of hydrogen-bond donors (Lipinski definition) is 2. The maximum absolute atomic E-state index is 14.4. The van der Waals surface area contributed by atoms with E-state index in [0.29, 0.717) is 18.6 Å². The molecule has 0 unspecified atom stereocenters. The highest BCUT2D eigenvalue weighted by molar-refractivity contribution is 9.11. The number of carbonyl (C=O) groups is 3. The predicted octanol–water partition coefficient (Wildman–Crippen LogP) is 5.07. The van der Waals surface area contributed by atoms with Gasteiger partial charge in [-0.25, -0.2) is 4.79 Å². The molecule has 4 aliphatic rings. The fraction of sp³-hybridized carbons (Fsp3) is 0.789. The predicted molar refractivity (Wildman–Crippen MR) is 204 cm³/mol. The Morgan fingerprint density at radius 1 is 1.09 bits per heavy atom. The maximum atomic E-state index is 14.4. The summed E-state index contributed by atoms with van der Waals surface area (Å²) >= 11 is 5.01. The van der Waals surface area contributed by atoms with Crippen LogP contribution in [-0.2, 0) is 49.5 Å². The summed E-state index contributed by atoms with van der Waals surface area (Å²) < 4.78 is 39.6. The molecule has 5 rings (SSSR count). The van der Waals surface area contributed by atoms with Gasteiger partial charge in [-0.05, 0) is 89.1 Å². The third kappa shape index (κ3) is 9.17. The van der Waals surface area contributed by atoms with Gasteiger partial charge in [0.15, 0.2) is 18.5 Å². The van der Waals surface area contributed by atoms with Crippen LogP contribution < -0.4 is 5.32 Å². The Balaban J connectivity index is 1.60. The second-order valence-electron chi connectivity index (χ2n) is 16.1. The lowest BCUT2D eigenvalue weighted by Gasteiger charge is -2.48. The molecule has 304 valence electrons. The number of cyclic esters (lactones) is 1. The van der Waals surface area contributed by atoms with Crippen molar-refractivity contribution in [3.63, 3.8) is 0 Å². The molecular weight excluding hydrogens is 786 g/mol. The summed E-state index contributed by atoms with van der Waals surface area (Å²) in [5.74, 6) is -3.46. The Bertz CT molecular complexity index is 1530. The van der Waals surface area contributed by atoms with E-state index in [-0.39, 0.29) is 44.2 Å². The second-order valence-corrected chi connectivity index (χ2v) is 18.7. The monoisotopic (exact) mass is 843 g/mol. The number of esters is 1. The number of carbonyl (C=O) groups excluding carboxylic acids is 3. The van der Waals surface area contributed by atoms with E-state index in [1.807, 2.05) is 65.7 Å². The van der Waals surface area contributed by atoms with Crippen LogP contribution in [0.15, 0.2) is 21.1 Å². The minimum absolute atomic E-state index is 0.0318. The number of fused-ring (bicyclic) bond motifs is 4. The third-order valence-electron chi connectivity index (χ3n) is 11.7. The molecule has 2 bridgehead atoms. The molecule has 1 aromatic heterocycles. The average molecular weight is 845 g/mol. The summed E-state index contributed by atoms with van der Waals surface area (Å²) in [4.78, 5) is 50.2. The zero-order chi connectivity index (χ0) is 39.7. The van der Waals surface area contributed by atoms with Crippen LogP contribution in [0, 0.1) is 23.7 Å². The molecule has 14 nitrogen and oxygen atoms in total. The zero-order valence-electron chi connectivity index (χ0n) is 33.0. The summed E-state index contributed by atoms with van der Waals surface area (Å²) in [5.41, 5.74) is -2.10. The molecule has 1 amide bonds. The van der Waals surface area contributed by atoms with E-state index in [0.717, 1.165) is 8.66 Å². The molecule has 16 heteroatoms. The highest BCUT2D eigenvalue weighted by atomic mass is 79.9. The van der Waals surface area contributed by atoms with Gasteiger partial charge < -0.3 is 48.6 Å². The first-order valence-electron chi connectivity index (χ1n) is 18.9. The Morgan fingerprint density at radius 3 is 2.46 bits per heavy atom. The van der Waals surface area contributed by atoms with Gasteiger partial charge in [-0.2, -0.15) is 0 Å². The molecule has 4 fully saturated rings. The number of Topliss-reactive ketones (excluding diaryl/α,β-unsaturated/α-hetero) is 1. The number of likely N-dealkylation sites (N-methyl/N-ethyl adjacent to an activating group) is 1. The first-order chi connectivity index (χ1) is 25.4. The third-order valence-corrected chi connectivity index (χ3v) is 13.3. The van der Waals surface area contributed by atoms with Crippen molar-refractivity contribution >= 4 is 50.8 Å². The van der Waals surface area contributed by atoms with Crippen LogP contribution in [0.3, 0.4) is 0 Å². The summed E-state index contributed by atoms with van der Waals surface area (Å²) in [6.45, 7) is 14.8. The number of halogens is 1. The zero-order valence-corrected chi connectivity index (χ0v) is 35.4. The number of oxime groups is 1. The standard InChI is InChI=1S/C38H58BrN3O11S/c1-11-27-38(8)32(40-36(46)53-38)21(4)29(43)19(2)15-37(7)33(52-35-30(44)26(42(9)10)14-20(3)50-35)22(5)31(23(6)34(45)51-27)47-16-24(17-48-37)41-49-18-25-12-13-28(39)54-25/h12-13,19-23,26-27,30-33,35,44H,11,14-18H2,1-10H3,(H,40,46)/b41-24+/t19-,20-,21+,22+,23-,26+,27-,30-,31+,32-,33-,35+,37-,38-/m1/s1. The molecule has 1 aromatic rings. The number of rotatable bonds is 7. The minimum atomic E-state index is -1.31. The SMILES string of the molecule is CC[C@H]1OC(=O)[C@H](C)[C@H]2OC/C(=N\OCc3ccc(Br)s3)CO[C@](C)(C[C@@H](C)C(=O)[C@H](C)[C@H]3NC(=O)O[C@@]31C)[C@H](O[C@@H]1O[C@H](C)C[C@H](N(C)C)[C@H]1O)[C@H]2C. The quantitative estimate of drug-likeness (QED) is 0.277. The lowest BCUT2D eigenvalue weighted by molar-refractivity contribution is -0.302. The van der Waals surface area contributed by atoms with E-state index in [2.05, 4.69) is 26.4 Å². The van der Waals surface area contributed by atoms with Crippen molar-refractivity contribution in [3.05, 3.63) is 20.8 Å². The van der Waals surface area contributed by atoms with Crippen LogP contribution in [-0.4, -0.2) is 121 Å². The van der Waals surface area contributed by atoms with Crippen LogP contribution in [0.25, 0.3) is 0 Å². The largest absolute Gasteiger partial charge is 0.458 e. The van der Waals surface area contributed by atoms with E-state index >= 15 is 0 Å². The van der Waals surface area contributed by atoms with Crippen molar-refractivity contribution in [2.24, 2.45) is 28.8 Å². The highest BCUT2D eigenvalue weighted by Gasteiger charge is 2.57. The van der Waals surface area contributed by atoms with E-state index in [1.165, 1.54) is 11.3 Å². The van der Waals surface area contributed by atoms with Gasteiger partial charge in [-0.15, -0.1) is 11.3 Å². The Kier molecular flexibility index (Phi) is 13.9. The molecule has 0 aliphatic carbocycles. The summed E-state index contributed by atoms with van der Waals surface area (Å²) in [6.07, 6.45) is -4.43. The number of ether oxygens (including phenoxy) is 6. The summed E-state index contributed by atoms with van der Waals surface area (Å²) in [7, 11) is 3.81. The number of aliphatic hydroxyl groups is 1. The average Bonchev–Trinajstić information content (AvgIpc) is 3.68. The van der Waals surface area contributed by atoms with Gasteiger partial charge in [0, 0.05) is 28.7 Å². The smallest absolute Gasteiger partial charge is 0.408 e. The first kappa shape index (κ1) is 43.0. The van der Waals surface area contributed by atoms with Gasteiger partial charge in [0.1, 0.15) is 23.7 Å². The Labute approximate surface area is 331 Å². The fourth-order valence-corrected chi connectivity index (χ4v) is 10.1. The maximum Gasteiger partial charge on any atom is 0.408 e. The van der Waals surface area contributed by atoms with Gasteiger partial charge in [0.25, 0.3) is 0 Å². The fourth-order valence-electron chi connectivity index (χ4n) is 8.71. The van der Waals surface area contributed by atoms with Gasteiger partial charge >= 0.3 is 12.1 Å². The van der Waals surface area contributed by atoms with Crippen molar-refractivity contribution in [3.8, 4) is 0 Å². The Morgan fingerprint density at radius 2 is 1.81 bits per heavy atom. The molecular formula is C38H58BrN3O11S. The van der Waals surface area contributed by atoms with Crippen LogP contribution >= 0.6 is 27.3 Å². The summed E-state index contributed by atoms with van der Waals surface area (Å²) in [5, 5.41) is 18.9. The van der Waals surface area contributed by atoms with Crippen molar-refractivity contribution < 1.29 is 52.7 Å². The minimum Gasteiger partial charge on any atom is -0.458 e. The number of thiophene rings is 1.